The van der Waals surface area contributed by atoms with Gasteiger partial charge in [0.05, 0.1) is 22.6 Å². The molecule has 2 atom stereocenters. The van der Waals surface area contributed by atoms with Crippen molar-refractivity contribution in [3.05, 3.63) is 107 Å². The van der Waals surface area contributed by atoms with Crippen molar-refractivity contribution in [1.29, 1.82) is 10.0 Å². The van der Waals surface area contributed by atoms with E-state index in [-0.39, 0.29) is 16.8 Å². The van der Waals surface area contributed by atoms with Crippen LogP contribution in [-0.4, -0.2) is 10.1 Å². The van der Waals surface area contributed by atoms with Crippen LogP contribution in [0, 0.1) is 23.0 Å². The molecule has 3 N–H and O–H groups in total. The molecule has 0 spiro atoms. The standard InChI is InChI=1S/C27H24N4O2S/c1-18-10-13-22(31-34(29,33)23-14-11-20(17-28)12-15-23)16-26(18)27(32)30-19(2)24-9-5-7-21-6-3-4-8-25(21)24/h3-16,19H,1-2H3,(H,30,32)(H2,29,31,33)/t19-,34?/m1/s1. The van der Waals surface area contributed by atoms with Crippen molar-refractivity contribution in [2.45, 2.75) is 24.8 Å². The third-order valence-electron chi connectivity index (χ3n) is 5.70. The molecule has 0 saturated carbocycles. The van der Waals surface area contributed by atoms with Crippen molar-refractivity contribution in [3.63, 3.8) is 0 Å². The van der Waals surface area contributed by atoms with E-state index >= 15 is 0 Å². The van der Waals surface area contributed by atoms with E-state index in [9.17, 15) is 9.00 Å². The number of nitriles is 1. The second-order valence-corrected chi connectivity index (χ2v) is 9.88. The summed E-state index contributed by atoms with van der Waals surface area (Å²) < 4.78 is 24.0. The maximum atomic E-state index is 13.2. The minimum Gasteiger partial charge on any atom is -0.345 e. The number of carbonyl (C=O) groups is 1. The molecule has 0 radical (unpaired) electrons. The topological polar surface area (TPSA) is 106 Å². The Morgan fingerprint density at radius 3 is 2.44 bits per heavy atom. The van der Waals surface area contributed by atoms with Crippen LogP contribution in [-0.2, 0) is 9.92 Å². The lowest BCUT2D eigenvalue weighted by Gasteiger charge is -2.18. The van der Waals surface area contributed by atoms with Crippen molar-refractivity contribution < 1.29 is 9.00 Å². The highest BCUT2D eigenvalue weighted by molar-refractivity contribution is 7.93. The largest absolute Gasteiger partial charge is 0.345 e. The molecule has 4 aromatic carbocycles. The monoisotopic (exact) mass is 468 g/mol. The van der Waals surface area contributed by atoms with Crippen LogP contribution < -0.4 is 10.0 Å². The Balaban J connectivity index is 1.56. The zero-order valence-corrected chi connectivity index (χ0v) is 19.6. The van der Waals surface area contributed by atoms with Gasteiger partial charge in [0.15, 0.2) is 9.92 Å². The summed E-state index contributed by atoms with van der Waals surface area (Å²) in [6, 6.07) is 26.9. The van der Waals surface area contributed by atoms with E-state index in [1.54, 1.807) is 18.2 Å². The van der Waals surface area contributed by atoms with Crippen molar-refractivity contribution in [3.8, 4) is 6.07 Å². The fraction of sp³-hybridized carbons (Fsp3) is 0.111. The molecule has 0 bridgehead atoms. The molecule has 0 aromatic heterocycles. The molecule has 0 heterocycles. The molecule has 4 rings (SSSR count). The number of carbonyl (C=O) groups excluding carboxylic acids is 1. The first kappa shape index (κ1) is 23.0. The minimum atomic E-state index is -3.38. The lowest BCUT2D eigenvalue weighted by molar-refractivity contribution is 0.0939. The van der Waals surface area contributed by atoms with Gasteiger partial charge in [0, 0.05) is 11.3 Å². The van der Waals surface area contributed by atoms with Crippen LogP contribution in [0.15, 0.2) is 89.8 Å². The van der Waals surface area contributed by atoms with Crippen LogP contribution in [0.2, 0.25) is 0 Å². The molecule has 34 heavy (non-hydrogen) atoms. The Labute approximate surface area is 199 Å². The van der Waals surface area contributed by atoms with Crippen molar-refractivity contribution in [2.75, 3.05) is 4.72 Å². The molecule has 170 valence electrons. The van der Waals surface area contributed by atoms with Gasteiger partial charge in [0.1, 0.15) is 0 Å². The molecule has 4 aromatic rings. The fourth-order valence-electron chi connectivity index (χ4n) is 3.86. The predicted octanol–water partition coefficient (Wildman–Crippen LogP) is 5.94. The van der Waals surface area contributed by atoms with Crippen LogP contribution in [0.25, 0.3) is 10.8 Å². The number of benzene rings is 4. The van der Waals surface area contributed by atoms with Gasteiger partial charge >= 0.3 is 0 Å². The van der Waals surface area contributed by atoms with Crippen LogP contribution >= 0.6 is 0 Å². The van der Waals surface area contributed by atoms with E-state index < -0.39 is 9.92 Å². The second kappa shape index (κ2) is 9.38. The molecule has 7 heteroatoms. The molecule has 0 aliphatic carbocycles. The summed E-state index contributed by atoms with van der Waals surface area (Å²) in [6.07, 6.45) is 0. The third-order valence-corrected chi connectivity index (χ3v) is 7.16. The van der Waals surface area contributed by atoms with E-state index in [0.29, 0.717) is 16.8 Å². The summed E-state index contributed by atoms with van der Waals surface area (Å²) in [5.74, 6) is -0.253. The highest BCUT2D eigenvalue weighted by Crippen LogP contribution is 2.25. The van der Waals surface area contributed by atoms with Gasteiger partial charge in [-0.1, -0.05) is 48.5 Å². The number of rotatable bonds is 6. The number of anilines is 1. The Bertz CT molecular complexity index is 1520. The van der Waals surface area contributed by atoms with E-state index in [4.69, 9.17) is 10.0 Å². The fourth-order valence-corrected chi connectivity index (χ4v) is 4.95. The second-order valence-electron chi connectivity index (χ2n) is 8.09. The van der Waals surface area contributed by atoms with Gasteiger partial charge in [-0.2, -0.15) is 5.26 Å². The maximum absolute atomic E-state index is 13.2. The Morgan fingerprint density at radius 1 is 1.00 bits per heavy atom. The number of amides is 1. The third kappa shape index (κ3) is 4.77. The predicted molar refractivity (Wildman–Crippen MR) is 135 cm³/mol. The highest BCUT2D eigenvalue weighted by atomic mass is 32.2. The summed E-state index contributed by atoms with van der Waals surface area (Å²) in [5.41, 5.74) is 3.05. The molecular formula is C27H24N4O2S. The minimum absolute atomic E-state index is 0.228. The number of fused-ring (bicyclic) bond motifs is 1. The molecule has 1 amide bonds. The van der Waals surface area contributed by atoms with Gasteiger partial charge < -0.3 is 5.32 Å². The van der Waals surface area contributed by atoms with Gasteiger partial charge in [-0.25, -0.2) is 8.99 Å². The van der Waals surface area contributed by atoms with Gasteiger partial charge in [-0.05, 0) is 72.1 Å². The molecule has 1 unspecified atom stereocenters. The lowest BCUT2D eigenvalue weighted by atomic mass is 9.99. The number of hydrogen-bond acceptors (Lipinski definition) is 4. The molecule has 0 fully saturated rings. The lowest BCUT2D eigenvalue weighted by Crippen LogP contribution is -2.27. The average Bonchev–Trinajstić information content (AvgIpc) is 2.84. The van der Waals surface area contributed by atoms with Crippen molar-refractivity contribution >= 4 is 32.3 Å². The summed E-state index contributed by atoms with van der Waals surface area (Å²) >= 11 is 0. The van der Waals surface area contributed by atoms with Gasteiger partial charge in [-0.15, -0.1) is 0 Å². The van der Waals surface area contributed by atoms with Crippen LogP contribution in [0.1, 0.15) is 40.0 Å². The van der Waals surface area contributed by atoms with E-state index in [2.05, 4.69) is 10.0 Å². The van der Waals surface area contributed by atoms with Gasteiger partial charge in [-0.3, -0.25) is 9.52 Å². The number of nitrogens with zero attached hydrogens (tertiary/aromatic N) is 1. The van der Waals surface area contributed by atoms with Gasteiger partial charge in [0.25, 0.3) is 5.91 Å². The normalized spacial score (nSPS) is 13.4. The van der Waals surface area contributed by atoms with Crippen LogP contribution in [0.4, 0.5) is 5.69 Å². The molecule has 0 aliphatic rings. The molecular weight excluding hydrogens is 444 g/mol. The number of nitrogens with one attached hydrogen (secondary N) is 3. The molecule has 0 saturated heterocycles. The van der Waals surface area contributed by atoms with Crippen LogP contribution in [0.3, 0.4) is 0 Å². The van der Waals surface area contributed by atoms with E-state index in [1.807, 2.05) is 62.4 Å². The first-order chi connectivity index (χ1) is 16.3. The van der Waals surface area contributed by atoms with Crippen molar-refractivity contribution in [1.82, 2.24) is 5.32 Å². The smallest absolute Gasteiger partial charge is 0.252 e. The maximum Gasteiger partial charge on any atom is 0.252 e. The zero-order valence-electron chi connectivity index (χ0n) is 18.8. The van der Waals surface area contributed by atoms with E-state index in [1.165, 1.54) is 24.3 Å². The SMILES string of the molecule is Cc1ccc(NS(=N)(=O)c2ccc(C#N)cc2)cc1C(=O)N[C@H](C)c1cccc2ccccc12. The Morgan fingerprint density at radius 2 is 1.71 bits per heavy atom. The first-order valence-electron chi connectivity index (χ1n) is 10.7. The molecule has 6 nitrogen and oxygen atoms in total. The number of aryl methyl sites for hydroxylation is 1. The van der Waals surface area contributed by atoms with Crippen LogP contribution in [0.5, 0.6) is 0 Å². The summed E-state index contributed by atoms with van der Waals surface area (Å²) in [5, 5.41) is 14.2. The summed E-state index contributed by atoms with van der Waals surface area (Å²) in [6.45, 7) is 3.78. The molecule has 0 aliphatic heterocycles. The number of hydrogen-bond donors (Lipinski definition) is 3. The summed E-state index contributed by atoms with van der Waals surface area (Å²) in [4.78, 5) is 13.4. The van der Waals surface area contributed by atoms with Gasteiger partial charge in [0.2, 0.25) is 0 Å². The van der Waals surface area contributed by atoms with Crippen molar-refractivity contribution in [2.24, 2.45) is 0 Å². The highest BCUT2D eigenvalue weighted by Gasteiger charge is 2.17. The quantitative estimate of drug-likeness (QED) is 0.326. The first-order valence-corrected chi connectivity index (χ1v) is 12.3. The summed E-state index contributed by atoms with van der Waals surface area (Å²) in [7, 11) is -3.38. The Hall–Kier alpha value is -4.15. The van der Waals surface area contributed by atoms with E-state index in [0.717, 1.165) is 21.9 Å². The Kier molecular flexibility index (Phi) is 6.35. The zero-order chi connectivity index (χ0) is 24.3. The average molecular weight is 469 g/mol.